The number of sulfonamides is 1. The third-order valence-electron chi connectivity index (χ3n) is 2.78. The first-order valence-corrected chi connectivity index (χ1v) is 7.41. The van der Waals surface area contributed by atoms with Gasteiger partial charge in [0, 0.05) is 12.1 Å². The van der Waals surface area contributed by atoms with Gasteiger partial charge < -0.3 is 0 Å². The zero-order chi connectivity index (χ0) is 15.5. The number of hydrogen-bond donors (Lipinski definition) is 1. The Morgan fingerprint density at radius 3 is 2.29 bits per heavy atom. The first-order valence-electron chi connectivity index (χ1n) is 5.93. The van der Waals surface area contributed by atoms with Crippen molar-refractivity contribution >= 4 is 27.5 Å². The molecule has 0 fully saturated rings. The Bertz CT molecular complexity index is 783. The molecule has 0 aliphatic rings. The quantitative estimate of drug-likeness (QED) is 0.679. The maximum Gasteiger partial charge on any atom is 0.269 e. The molecule has 6 nitrogen and oxygen atoms in total. The summed E-state index contributed by atoms with van der Waals surface area (Å²) in [6.45, 7) is 3.62. The van der Waals surface area contributed by atoms with E-state index in [9.17, 15) is 18.5 Å². The zero-order valence-electron chi connectivity index (χ0n) is 10.9. The number of nitrogens with zero attached hydrogens (tertiary/aromatic N) is 1. The van der Waals surface area contributed by atoms with Gasteiger partial charge in [-0.3, -0.25) is 14.8 Å². The van der Waals surface area contributed by atoms with E-state index in [2.05, 4.69) is 11.3 Å². The molecule has 0 aliphatic carbocycles. The van der Waals surface area contributed by atoms with Gasteiger partial charge in [-0.15, -0.1) is 0 Å². The van der Waals surface area contributed by atoms with Crippen LogP contribution in [0.4, 0.5) is 11.4 Å². The third-order valence-corrected chi connectivity index (χ3v) is 4.16. The molecule has 0 unspecified atom stereocenters. The van der Waals surface area contributed by atoms with Crippen LogP contribution in [0.3, 0.4) is 0 Å². The third kappa shape index (κ3) is 3.26. The molecule has 0 radical (unpaired) electrons. The molecule has 0 aromatic heterocycles. The molecule has 0 spiro atoms. The number of para-hydroxylation sites is 1. The van der Waals surface area contributed by atoms with Crippen LogP contribution in [0.5, 0.6) is 0 Å². The highest BCUT2D eigenvalue weighted by Gasteiger charge is 2.16. The lowest BCUT2D eigenvalue weighted by Crippen LogP contribution is -2.13. The maximum atomic E-state index is 12.2. The molecule has 21 heavy (non-hydrogen) atoms. The minimum Gasteiger partial charge on any atom is -0.279 e. The fourth-order valence-electron chi connectivity index (χ4n) is 1.72. The summed E-state index contributed by atoms with van der Waals surface area (Å²) in [5, 5.41) is 10.6. The van der Waals surface area contributed by atoms with Gasteiger partial charge in [0.1, 0.15) is 0 Å². The number of non-ortho nitro benzene ring substituents is 1. The van der Waals surface area contributed by atoms with Crippen molar-refractivity contribution in [2.45, 2.75) is 4.90 Å². The molecule has 0 saturated heterocycles. The average molecular weight is 304 g/mol. The normalized spacial score (nSPS) is 10.9. The maximum absolute atomic E-state index is 12.2. The summed E-state index contributed by atoms with van der Waals surface area (Å²) in [5.74, 6) is 0. The van der Waals surface area contributed by atoms with E-state index in [1.54, 1.807) is 24.3 Å². The van der Waals surface area contributed by atoms with Gasteiger partial charge in [0.05, 0.1) is 15.5 Å². The van der Waals surface area contributed by atoms with Gasteiger partial charge in [-0.2, -0.15) is 0 Å². The van der Waals surface area contributed by atoms with Crippen molar-refractivity contribution < 1.29 is 13.3 Å². The summed E-state index contributed by atoms with van der Waals surface area (Å²) in [6, 6.07) is 11.5. The highest BCUT2D eigenvalue weighted by atomic mass is 32.2. The Morgan fingerprint density at radius 1 is 1.10 bits per heavy atom. The Kier molecular flexibility index (Phi) is 4.04. The summed E-state index contributed by atoms with van der Waals surface area (Å²) in [6.07, 6.45) is 1.54. The highest BCUT2D eigenvalue weighted by molar-refractivity contribution is 7.92. The zero-order valence-corrected chi connectivity index (χ0v) is 11.7. The number of nitro groups is 1. The Labute approximate surface area is 121 Å². The van der Waals surface area contributed by atoms with Gasteiger partial charge in [-0.1, -0.05) is 30.9 Å². The van der Waals surface area contributed by atoms with E-state index in [4.69, 9.17) is 0 Å². The van der Waals surface area contributed by atoms with E-state index >= 15 is 0 Å². The van der Waals surface area contributed by atoms with Crippen LogP contribution in [0.15, 0.2) is 60.0 Å². The largest absolute Gasteiger partial charge is 0.279 e. The standard InChI is InChI=1S/C14H12N2O4S/c1-2-11-5-3-4-6-14(11)15-21(19,20)13-9-7-12(8-10-13)16(17)18/h2-10,15H,1H2. The highest BCUT2D eigenvalue weighted by Crippen LogP contribution is 2.22. The molecule has 0 atom stereocenters. The first-order chi connectivity index (χ1) is 9.94. The number of nitrogens with one attached hydrogen (secondary N) is 1. The van der Waals surface area contributed by atoms with Crippen LogP contribution in [-0.4, -0.2) is 13.3 Å². The van der Waals surface area contributed by atoms with Crippen LogP contribution in [0.2, 0.25) is 0 Å². The molecule has 108 valence electrons. The van der Waals surface area contributed by atoms with E-state index in [1.165, 1.54) is 18.2 Å². The smallest absolute Gasteiger partial charge is 0.269 e. The summed E-state index contributed by atoms with van der Waals surface area (Å²) in [4.78, 5) is 9.93. The molecule has 0 aliphatic heterocycles. The molecule has 0 bridgehead atoms. The second-order valence-electron chi connectivity index (χ2n) is 4.15. The van der Waals surface area contributed by atoms with Crippen molar-refractivity contribution in [3.63, 3.8) is 0 Å². The van der Waals surface area contributed by atoms with Crippen molar-refractivity contribution in [2.24, 2.45) is 0 Å². The van der Waals surface area contributed by atoms with Crippen molar-refractivity contribution in [3.05, 3.63) is 70.8 Å². The molecule has 7 heteroatoms. The van der Waals surface area contributed by atoms with Gasteiger partial charge in [-0.25, -0.2) is 8.42 Å². The van der Waals surface area contributed by atoms with Gasteiger partial charge in [-0.05, 0) is 23.8 Å². The molecule has 0 heterocycles. The van der Waals surface area contributed by atoms with Crippen molar-refractivity contribution in [1.29, 1.82) is 0 Å². The van der Waals surface area contributed by atoms with Crippen LogP contribution in [0.25, 0.3) is 6.08 Å². The Hall–Kier alpha value is -2.67. The predicted octanol–water partition coefficient (Wildman–Crippen LogP) is 3.04. The van der Waals surface area contributed by atoms with Gasteiger partial charge in [0.2, 0.25) is 0 Å². The Morgan fingerprint density at radius 2 is 1.71 bits per heavy atom. The SMILES string of the molecule is C=Cc1ccccc1NS(=O)(=O)c1ccc([N+](=O)[O-])cc1. The monoisotopic (exact) mass is 304 g/mol. The van der Waals surface area contributed by atoms with E-state index < -0.39 is 14.9 Å². The van der Waals surface area contributed by atoms with Crippen LogP contribution in [-0.2, 0) is 10.0 Å². The minimum atomic E-state index is -3.81. The van der Waals surface area contributed by atoms with Gasteiger partial charge >= 0.3 is 0 Å². The summed E-state index contributed by atoms with van der Waals surface area (Å²) >= 11 is 0. The van der Waals surface area contributed by atoms with Crippen LogP contribution in [0.1, 0.15) is 5.56 Å². The molecule has 2 aromatic rings. The van der Waals surface area contributed by atoms with Crippen molar-refractivity contribution in [1.82, 2.24) is 0 Å². The van der Waals surface area contributed by atoms with Crippen molar-refractivity contribution in [3.8, 4) is 0 Å². The van der Waals surface area contributed by atoms with Crippen LogP contribution in [0, 0.1) is 10.1 Å². The van der Waals surface area contributed by atoms with Crippen LogP contribution >= 0.6 is 0 Å². The van der Waals surface area contributed by atoms with E-state index in [-0.39, 0.29) is 10.6 Å². The number of nitro benzene ring substituents is 1. The second kappa shape index (κ2) is 5.76. The van der Waals surface area contributed by atoms with E-state index in [0.717, 1.165) is 12.1 Å². The number of rotatable bonds is 5. The molecule has 1 N–H and O–H groups in total. The molecule has 0 saturated carbocycles. The predicted molar refractivity (Wildman–Crippen MR) is 80.4 cm³/mol. The fraction of sp³-hybridized carbons (Fsp3) is 0. The van der Waals surface area contributed by atoms with E-state index in [1.807, 2.05) is 0 Å². The number of anilines is 1. The lowest BCUT2D eigenvalue weighted by Gasteiger charge is -2.10. The molecular formula is C14H12N2O4S. The lowest BCUT2D eigenvalue weighted by molar-refractivity contribution is -0.384. The van der Waals surface area contributed by atoms with Crippen molar-refractivity contribution in [2.75, 3.05) is 4.72 Å². The fourth-order valence-corrected chi connectivity index (χ4v) is 2.81. The summed E-state index contributed by atoms with van der Waals surface area (Å²) < 4.78 is 26.9. The molecule has 2 aromatic carbocycles. The van der Waals surface area contributed by atoms with Crippen LogP contribution < -0.4 is 4.72 Å². The Balaban J connectivity index is 2.34. The average Bonchev–Trinajstić information content (AvgIpc) is 2.47. The van der Waals surface area contributed by atoms with Gasteiger partial charge in [0.25, 0.3) is 15.7 Å². The minimum absolute atomic E-state index is 0.0491. The number of hydrogen-bond acceptors (Lipinski definition) is 4. The van der Waals surface area contributed by atoms with Gasteiger partial charge in [0.15, 0.2) is 0 Å². The summed E-state index contributed by atoms with van der Waals surface area (Å²) in [7, 11) is -3.81. The summed E-state index contributed by atoms with van der Waals surface area (Å²) in [5.41, 5.74) is 0.870. The second-order valence-corrected chi connectivity index (χ2v) is 5.83. The lowest BCUT2D eigenvalue weighted by atomic mass is 10.2. The first kappa shape index (κ1) is 14.7. The molecule has 0 amide bonds. The molecular weight excluding hydrogens is 292 g/mol. The molecule has 2 rings (SSSR count). The topological polar surface area (TPSA) is 89.3 Å². The number of benzene rings is 2. The van der Waals surface area contributed by atoms with E-state index in [0.29, 0.717) is 11.3 Å².